The van der Waals surface area contributed by atoms with Gasteiger partial charge in [-0.15, -0.1) is 0 Å². The maximum atomic E-state index is 13.0. The summed E-state index contributed by atoms with van der Waals surface area (Å²) >= 11 is 7.95. The van der Waals surface area contributed by atoms with E-state index in [1.165, 1.54) is 30.4 Å². The van der Waals surface area contributed by atoms with Crippen molar-refractivity contribution in [1.29, 1.82) is 0 Å². The van der Waals surface area contributed by atoms with E-state index in [1.54, 1.807) is 18.2 Å². The topological polar surface area (TPSA) is 167 Å². The van der Waals surface area contributed by atoms with Crippen molar-refractivity contribution in [3.05, 3.63) is 57.7 Å². The minimum Gasteiger partial charge on any atom is -0.493 e. The standard InChI is InChI=1S/C25H29ClN8O4S/c1-25(13-27)5-8-33(9-6-25)20-23(37)32-17(12-29-20)39-15-4-2-3-14(19(15)26)30-21(35)18-22(36)31-16-11-28-7-10-34(16)24(18)38/h2-4,7,10-11,17,20,29,36H,5-6,8-9,12-13,27H2,1H3,(H,30,35)(H,32,37). The quantitative estimate of drug-likeness (QED) is 0.290. The number of benzene rings is 1. The number of nitrogens with zero attached hydrogens (tertiary/aromatic N) is 4. The monoisotopic (exact) mass is 572 g/mol. The molecule has 2 amide bonds. The summed E-state index contributed by atoms with van der Waals surface area (Å²) in [6, 6.07) is 5.05. The fraction of sp³-hybridized carbons (Fsp3) is 0.400. The first kappa shape index (κ1) is 27.3. The van der Waals surface area contributed by atoms with E-state index >= 15 is 0 Å². The van der Waals surface area contributed by atoms with Crippen LogP contribution in [0.3, 0.4) is 0 Å². The number of piperidine rings is 1. The SMILES string of the molecule is CC1(CN)CCN(C2NCC(Sc3cccc(NC(=O)c4c(O)nc5cnccn5c4=O)c3Cl)NC2=O)CC1. The van der Waals surface area contributed by atoms with Crippen LogP contribution in [0.2, 0.25) is 5.02 Å². The van der Waals surface area contributed by atoms with Crippen LogP contribution in [0.25, 0.3) is 5.65 Å². The third-order valence-electron chi connectivity index (χ3n) is 7.23. The molecule has 2 fully saturated rings. The van der Waals surface area contributed by atoms with Crippen LogP contribution in [0.5, 0.6) is 5.88 Å². The number of piperazine rings is 1. The van der Waals surface area contributed by atoms with Crippen LogP contribution in [-0.2, 0) is 4.79 Å². The van der Waals surface area contributed by atoms with Crippen LogP contribution in [0, 0.1) is 5.41 Å². The highest BCUT2D eigenvalue weighted by molar-refractivity contribution is 8.00. The van der Waals surface area contributed by atoms with E-state index in [-0.39, 0.29) is 33.1 Å². The van der Waals surface area contributed by atoms with E-state index in [2.05, 4.69) is 37.7 Å². The number of carbonyl (C=O) groups excluding carboxylic acids is 2. The highest BCUT2D eigenvalue weighted by Crippen LogP contribution is 2.36. The minimum atomic E-state index is -0.858. The van der Waals surface area contributed by atoms with Gasteiger partial charge in [0.2, 0.25) is 5.88 Å². The second kappa shape index (κ2) is 11.1. The zero-order chi connectivity index (χ0) is 27.7. The molecule has 2 aromatic heterocycles. The van der Waals surface area contributed by atoms with Gasteiger partial charge in [0.05, 0.1) is 22.3 Å². The summed E-state index contributed by atoms with van der Waals surface area (Å²) in [5.41, 5.74) is 5.11. The number of likely N-dealkylation sites (tertiary alicyclic amines) is 1. The third-order valence-corrected chi connectivity index (χ3v) is 8.92. The van der Waals surface area contributed by atoms with Gasteiger partial charge in [0.15, 0.2) is 11.2 Å². The summed E-state index contributed by atoms with van der Waals surface area (Å²) < 4.78 is 1.11. The fourth-order valence-corrected chi connectivity index (χ4v) is 6.05. The Balaban J connectivity index is 1.25. The molecule has 0 saturated carbocycles. The Morgan fingerprint density at radius 2 is 2.10 bits per heavy atom. The van der Waals surface area contributed by atoms with E-state index in [9.17, 15) is 19.5 Å². The van der Waals surface area contributed by atoms with Crippen molar-refractivity contribution in [1.82, 2.24) is 29.9 Å². The van der Waals surface area contributed by atoms with Gasteiger partial charge in [0.1, 0.15) is 6.17 Å². The minimum absolute atomic E-state index is 0.104. The molecule has 5 rings (SSSR count). The number of aromatic nitrogens is 3. The zero-order valence-electron chi connectivity index (χ0n) is 21.2. The van der Waals surface area contributed by atoms with Crippen LogP contribution in [0.15, 0.2) is 46.5 Å². The average molecular weight is 573 g/mol. The number of fused-ring (bicyclic) bond motifs is 1. The molecule has 0 aliphatic carbocycles. The normalized spacial score (nSPS) is 21.5. The van der Waals surface area contributed by atoms with Crippen LogP contribution < -0.4 is 27.2 Å². The van der Waals surface area contributed by atoms with E-state index in [1.807, 2.05) is 0 Å². The molecule has 6 N–H and O–H groups in total. The third kappa shape index (κ3) is 5.58. The van der Waals surface area contributed by atoms with Crippen molar-refractivity contribution >= 4 is 46.5 Å². The molecule has 4 heterocycles. The summed E-state index contributed by atoms with van der Waals surface area (Å²) in [5.74, 6) is -1.67. The molecule has 3 aromatic rings. The number of rotatable bonds is 6. The molecular weight excluding hydrogens is 544 g/mol. The molecular formula is C25H29ClN8O4S. The number of hydrogen-bond donors (Lipinski definition) is 5. The van der Waals surface area contributed by atoms with E-state index in [0.717, 1.165) is 30.3 Å². The van der Waals surface area contributed by atoms with Gasteiger partial charge in [-0.05, 0) is 36.9 Å². The van der Waals surface area contributed by atoms with Gasteiger partial charge >= 0.3 is 0 Å². The van der Waals surface area contributed by atoms with E-state index < -0.39 is 29.1 Å². The smallest absolute Gasteiger partial charge is 0.274 e. The molecule has 0 bridgehead atoms. The summed E-state index contributed by atoms with van der Waals surface area (Å²) in [5, 5.41) is 19.2. The van der Waals surface area contributed by atoms with Crippen molar-refractivity contribution < 1.29 is 14.7 Å². The number of hydrogen-bond acceptors (Lipinski definition) is 10. The van der Waals surface area contributed by atoms with Crippen LogP contribution >= 0.6 is 23.4 Å². The largest absolute Gasteiger partial charge is 0.493 e. The molecule has 0 radical (unpaired) electrons. The number of anilines is 1. The first-order valence-electron chi connectivity index (χ1n) is 12.5. The highest BCUT2D eigenvalue weighted by Gasteiger charge is 2.37. The van der Waals surface area contributed by atoms with Crippen molar-refractivity contribution in [3.8, 4) is 5.88 Å². The van der Waals surface area contributed by atoms with Gasteiger partial charge < -0.3 is 21.5 Å². The Kier molecular flexibility index (Phi) is 7.78. The van der Waals surface area contributed by atoms with Gasteiger partial charge in [-0.25, -0.2) is 0 Å². The van der Waals surface area contributed by atoms with Crippen LogP contribution in [-0.4, -0.2) is 73.9 Å². The first-order chi connectivity index (χ1) is 18.7. The Labute approximate surface area is 233 Å². The number of carbonyl (C=O) groups is 2. The van der Waals surface area contributed by atoms with Crippen LogP contribution in [0.1, 0.15) is 30.1 Å². The predicted octanol–water partition coefficient (Wildman–Crippen LogP) is 1.23. The van der Waals surface area contributed by atoms with Crippen molar-refractivity contribution in [2.45, 2.75) is 36.2 Å². The summed E-state index contributed by atoms with van der Waals surface area (Å²) in [7, 11) is 0. The summed E-state index contributed by atoms with van der Waals surface area (Å²) in [6.07, 6.45) is 5.51. The lowest BCUT2D eigenvalue weighted by molar-refractivity contribution is -0.130. The molecule has 12 nitrogen and oxygen atoms in total. The maximum Gasteiger partial charge on any atom is 0.274 e. The molecule has 206 valence electrons. The zero-order valence-corrected chi connectivity index (χ0v) is 22.8. The van der Waals surface area contributed by atoms with Crippen LogP contribution in [0.4, 0.5) is 5.69 Å². The molecule has 2 aliphatic heterocycles. The van der Waals surface area contributed by atoms with E-state index in [0.29, 0.717) is 18.0 Å². The lowest BCUT2D eigenvalue weighted by Crippen LogP contribution is -2.65. The van der Waals surface area contributed by atoms with Gasteiger partial charge in [0.25, 0.3) is 17.4 Å². The van der Waals surface area contributed by atoms with Gasteiger partial charge in [-0.3, -0.25) is 34.0 Å². The number of nitrogens with two attached hydrogens (primary N) is 1. The second-order valence-electron chi connectivity index (χ2n) is 9.97. The van der Waals surface area contributed by atoms with E-state index in [4.69, 9.17) is 17.3 Å². The Bertz CT molecular complexity index is 1480. The molecule has 2 aliphatic rings. The predicted molar refractivity (Wildman–Crippen MR) is 148 cm³/mol. The fourth-order valence-electron chi connectivity index (χ4n) is 4.72. The molecule has 2 unspecified atom stereocenters. The van der Waals surface area contributed by atoms with Gasteiger partial charge in [-0.1, -0.05) is 36.4 Å². The average Bonchev–Trinajstić information content (AvgIpc) is 2.92. The number of halogens is 1. The summed E-state index contributed by atoms with van der Waals surface area (Å²) in [6.45, 7) is 4.93. The van der Waals surface area contributed by atoms with Crippen molar-refractivity contribution in [2.24, 2.45) is 11.1 Å². The molecule has 1 aromatic carbocycles. The van der Waals surface area contributed by atoms with Gasteiger partial charge in [0, 0.05) is 36.9 Å². The Morgan fingerprint density at radius 3 is 2.82 bits per heavy atom. The number of thioether (sulfide) groups is 1. The molecule has 2 saturated heterocycles. The van der Waals surface area contributed by atoms with Crippen molar-refractivity contribution in [3.63, 3.8) is 0 Å². The molecule has 14 heteroatoms. The number of nitrogens with one attached hydrogen (secondary N) is 3. The Hall–Kier alpha value is -3.23. The Morgan fingerprint density at radius 1 is 1.33 bits per heavy atom. The molecule has 2 atom stereocenters. The highest BCUT2D eigenvalue weighted by atomic mass is 35.5. The molecule has 0 spiro atoms. The lowest BCUT2D eigenvalue weighted by atomic mass is 9.80. The lowest BCUT2D eigenvalue weighted by Gasteiger charge is -2.43. The van der Waals surface area contributed by atoms with Crippen molar-refractivity contribution in [2.75, 3.05) is 31.5 Å². The van der Waals surface area contributed by atoms with Gasteiger partial charge in [-0.2, -0.15) is 4.98 Å². The second-order valence-corrected chi connectivity index (χ2v) is 11.6. The number of aromatic hydroxyl groups is 1. The first-order valence-corrected chi connectivity index (χ1v) is 13.7. The number of amides is 2. The maximum absolute atomic E-state index is 13.0. The summed E-state index contributed by atoms with van der Waals surface area (Å²) in [4.78, 5) is 49.2. The molecule has 39 heavy (non-hydrogen) atoms.